The summed E-state index contributed by atoms with van der Waals surface area (Å²) in [6.07, 6.45) is 3.19. The Balaban J connectivity index is 3.03. The Morgan fingerprint density at radius 1 is 1.18 bits per heavy atom. The van der Waals surface area contributed by atoms with Gasteiger partial charge in [0.05, 0.1) is 6.67 Å². The van der Waals surface area contributed by atoms with Crippen molar-refractivity contribution in [3.8, 4) is 0 Å². The SMILES string of the molecule is CCCC(N1C=CN(CC)C1)S(=O)(=O)OS(=O)(=O)C(F)(F)F. The second-order valence-corrected chi connectivity index (χ2v) is 8.01. The first-order valence-corrected chi connectivity index (χ1v) is 9.27. The lowest BCUT2D eigenvalue weighted by molar-refractivity contribution is -0.0499. The van der Waals surface area contributed by atoms with E-state index in [9.17, 15) is 30.0 Å². The van der Waals surface area contributed by atoms with Crippen molar-refractivity contribution in [3.05, 3.63) is 12.4 Å². The standard InChI is InChI=1S/C10H17F3N2O5S2/c1-3-5-9(15-7-6-14(4-2)8-15)21(16,17)20-22(18,19)10(11,12)13/h6-7,9H,3-5,8H2,1-2H3. The smallest absolute Gasteiger partial charge is 0.359 e. The van der Waals surface area contributed by atoms with E-state index in [1.807, 2.05) is 6.92 Å². The third-order valence-electron chi connectivity index (χ3n) is 2.93. The molecule has 0 N–H and O–H groups in total. The molecule has 0 aliphatic carbocycles. The van der Waals surface area contributed by atoms with E-state index in [1.54, 1.807) is 18.0 Å². The molecule has 12 heteroatoms. The normalized spacial score (nSPS) is 18.0. The Labute approximate surface area is 127 Å². The predicted molar refractivity (Wildman–Crippen MR) is 71.9 cm³/mol. The van der Waals surface area contributed by atoms with E-state index >= 15 is 0 Å². The number of nitrogens with zero attached hydrogens (tertiary/aromatic N) is 2. The predicted octanol–water partition coefficient (Wildman–Crippen LogP) is 1.37. The molecule has 1 unspecified atom stereocenters. The lowest BCUT2D eigenvalue weighted by atomic mass is 10.3. The molecule has 1 aliphatic heterocycles. The van der Waals surface area contributed by atoms with Crippen LogP contribution in [-0.4, -0.2) is 50.7 Å². The average molecular weight is 366 g/mol. The Bertz CT molecular complexity index is 615. The molecule has 0 amide bonds. The molecule has 7 nitrogen and oxygen atoms in total. The van der Waals surface area contributed by atoms with Crippen LogP contribution in [0.4, 0.5) is 13.2 Å². The van der Waals surface area contributed by atoms with Gasteiger partial charge in [0, 0.05) is 18.9 Å². The van der Waals surface area contributed by atoms with Crippen molar-refractivity contribution in [2.24, 2.45) is 0 Å². The molecule has 0 spiro atoms. The van der Waals surface area contributed by atoms with Crippen molar-refractivity contribution in [2.75, 3.05) is 13.2 Å². The molecule has 1 heterocycles. The third-order valence-corrected chi connectivity index (χ3v) is 6.14. The number of hydrogen-bond donors (Lipinski definition) is 0. The number of alkyl halides is 3. The van der Waals surface area contributed by atoms with Gasteiger partial charge in [-0.05, 0) is 13.3 Å². The van der Waals surface area contributed by atoms with Crippen LogP contribution < -0.4 is 0 Å². The molecule has 0 fully saturated rings. The van der Waals surface area contributed by atoms with Crippen LogP contribution in [0.5, 0.6) is 0 Å². The van der Waals surface area contributed by atoms with Crippen LogP contribution >= 0.6 is 0 Å². The molecule has 0 radical (unpaired) electrons. The second kappa shape index (κ2) is 6.62. The molecule has 130 valence electrons. The molecule has 0 bridgehead atoms. The van der Waals surface area contributed by atoms with E-state index < -0.39 is 31.1 Å². The van der Waals surface area contributed by atoms with Crippen molar-refractivity contribution >= 4 is 20.2 Å². The summed E-state index contributed by atoms with van der Waals surface area (Å²) in [6.45, 7) is 4.11. The van der Waals surface area contributed by atoms with Gasteiger partial charge in [0.15, 0.2) is 5.37 Å². The van der Waals surface area contributed by atoms with E-state index in [0.717, 1.165) is 0 Å². The van der Waals surface area contributed by atoms with Gasteiger partial charge < -0.3 is 9.80 Å². The quantitative estimate of drug-likeness (QED) is 0.629. The van der Waals surface area contributed by atoms with Crippen LogP contribution in [0, 0.1) is 0 Å². The minimum absolute atomic E-state index is 0.0718. The average Bonchev–Trinajstić information content (AvgIpc) is 2.81. The number of rotatable bonds is 7. The van der Waals surface area contributed by atoms with Gasteiger partial charge in [-0.1, -0.05) is 13.3 Å². The second-order valence-electron chi connectivity index (χ2n) is 4.56. The van der Waals surface area contributed by atoms with Crippen molar-refractivity contribution in [2.45, 2.75) is 37.6 Å². The van der Waals surface area contributed by atoms with Gasteiger partial charge in [-0.25, -0.2) is 0 Å². The first-order valence-electron chi connectivity index (χ1n) is 6.39. The Kier molecular flexibility index (Phi) is 5.73. The first kappa shape index (κ1) is 19.0. The van der Waals surface area contributed by atoms with Gasteiger partial charge in [-0.15, -0.1) is 3.63 Å². The highest BCUT2D eigenvalue weighted by Gasteiger charge is 2.52. The Morgan fingerprint density at radius 3 is 2.18 bits per heavy atom. The maximum atomic E-state index is 12.3. The number of hydrogen-bond acceptors (Lipinski definition) is 7. The Morgan fingerprint density at radius 2 is 1.77 bits per heavy atom. The third kappa shape index (κ3) is 4.26. The largest absolute Gasteiger partial charge is 0.524 e. The van der Waals surface area contributed by atoms with E-state index in [-0.39, 0.29) is 13.1 Å². The lowest BCUT2D eigenvalue weighted by Gasteiger charge is -2.28. The molecule has 1 aliphatic rings. The summed E-state index contributed by atoms with van der Waals surface area (Å²) in [6, 6.07) is 0. The van der Waals surface area contributed by atoms with Crippen LogP contribution in [0.2, 0.25) is 0 Å². The molecule has 1 rings (SSSR count). The minimum Gasteiger partial charge on any atom is -0.359 e. The molecule has 0 aromatic heterocycles. The van der Waals surface area contributed by atoms with Crippen LogP contribution in [0.15, 0.2) is 12.4 Å². The van der Waals surface area contributed by atoms with Gasteiger partial charge >= 0.3 is 25.7 Å². The molecular weight excluding hydrogens is 349 g/mol. The van der Waals surface area contributed by atoms with Crippen LogP contribution in [0.1, 0.15) is 26.7 Å². The van der Waals surface area contributed by atoms with E-state index in [1.165, 1.54) is 11.1 Å². The molecule has 0 saturated carbocycles. The molecule has 0 saturated heterocycles. The van der Waals surface area contributed by atoms with Gasteiger partial charge in [0.2, 0.25) is 0 Å². The monoisotopic (exact) mass is 366 g/mol. The van der Waals surface area contributed by atoms with Gasteiger partial charge in [-0.3, -0.25) is 0 Å². The van der Waals surface area contributed by atoms with Crippen LogP contribution in [0.25, 0.3) is 0 Å². The summed E-state index contributed by atoms with van der Waals surface area (Å²) < 4.78 is 86.2. The summed E-state index contributed by atoms with van der Waals surface area (Å²) in [7, 11) is -11.2. The zero-order valence-electron chi connectivity index (χ0n) is 11.9. The summed E-state index contributed by atoms with van der Waals surface area (Å²) in [4.78, 5) is 2.94. The molecular formula is C10H17F3N2O5S2. The molecule has 0 aromatic carbocycles. The maximum absolute atomic E-state index is 12.3. The summed E-state index contributed by atoms with van der Waals surface area (Å²) in [5.41, 5.74) is -5.80. The molecule has 22 heavy (non-hydrogen) atoms. The fourth-order valence-electron chi connectivity index (χ4n) is 1.81. The summed E-state index contributed by atoms with van der Waals surface area (Å²) >= 11 is 0. The lowest BCUT2D eigenvalue weighted by Crippen LogP contribution is -2.42. The highest BCUT2D eigenvalue weighted by molar-refractivity contribution is 8.00. The van der Waals surface area contributed by atoms with Gasteiger partial charge in [0.1, 0.15) is 0 Å². The highest BCUT2D eigenvalue weighted by Crippen LogP contribution is 2.29. The van der Waals surface area contributed by atoms with E-state index in [4.69, 9.17) is 0 Å². The van der Waals surface area contributed by atoms with E-state index in [2.05, 4.69) is 3.63 Å². The summed E-state index contributed by atoms with van der Waals surface area (Å²) in [5, 5.41) is -1.51. The first-order chi connectivity index (χ1) is 9.94. The number of halogens is 3. The van der Waals surface area contributed by atoms with Gasteiger partial charge in [-0.2, -0.15) is 30.0 Å². The summed E-state index contributed by atoms with van der Waals surface area (Å²) in [5.74, 6) is 0. The Hall–Kier alpha value is -1.01. The van der Waals surface area contributed by atoms with Crippen molar-refractivity contribution < 1.29 is 33.6 Å². The fraction of sp³-hybridized carbons (Fsp3) is 0.800. The molecule has 0 aromatic rings. The fourth-order valence-corrected chi connectivity index (χ4v) is 4.47. The molecule has 1 atom stereocenters. The highest BCUT2D eigenvalue weighted by atomic mass is 32.3. The van der Waals surface area contributed by atoms with Crippen molar-refractivity contribution in [1.29, 1.82) is 0 Å². The minimum atomic E-state index is -6.22. The van der Waals surface area contributed by atoms with Crippen LogP contribution in [0.3, 0.4) is 0 Å². The topological polar surface area (TPSA) is 84.0 Å². The van der Waals surface area contributed by atoms with Crippen LogP contribution in [-0.2, 0) is 23.9 Å². The maximum Gasteiger partial charge on any atom is 0.524 e. The van der Waals surface area contributed by atoms with Crippen molar-refractivity contribution in [3.63, 3.8) is 0 Å². The zero-order valence-corrected chi connectivity index (χ0v) is 13.6. The van der Waals surface area contributed by atoms with Crippen molar-refractivity contribution in [1.82, 2.24) is 9.80 Å². The van der Waals surface area contributed by atoms with E-state index in [0.29, 0.717) is 13.0 Å². The van der Waals surface area contributed by atoms with Gasteiger partial charge in [0.25, 0.3) is 0 Å². The zero-order chi connectivity index (χ0) is 17.2.